The molecule has 12 nitrogen and oxygen atoms in total. The van der Waals surface area contributed by atoms with Gasteiger partial charge in [0.25, 0.3) is 5.91 Å². The van der Waals surface area contributed by atoms with E-state index in [1.165, 1.54) is 0 Å². The van der Waals surface area contributed by atoms with Crippen LogP contribution in [0.5, 0.6) is 0 Å². The molecule has 1 N–H and O–H groups in total. The third-order valence-corrected chi connectivity index (χ3v) is 6.94. The van der Waals surface area contributed by atoms with Gasteiger partial charge in [-0.1, -0.05) is 30.3 Å². The number of carbonyl (C=O) groups excluding carboxylic acids is 4. The van der Waals surface area contributed by atoms with Gasteiger partial charge in [-0.3, -0.25) is 14.4 Å². The van der Waals surface area contributed by atoms with Crippen molar-refractivity contribution in [3.63, 3.8) is 0 Å². The van der Waals surface area contributed by atoms with Gasteiger partial charge in [0.15, 0.2) is 5.82 Å². The Labute approximate surface area is 246 Å². The maximum atomic E-state index is 13.7. The van der Waals surface area contributed by atoms with Gasteiger partial charge in [0.05, 0.1) is 6.61 Å². The highest BCUT2D eigenvalue weighted by molar-refractivity contribution is 5.97. The maximum absolute atomic E-state index is 13.7. The third-order valence-electron chi connectivity index (χ3n) is 6.94. The maximum Gasteiger partial charge on any atom is 0.409 e. The molecule has 42 heavy (non-hydrogen) atoms. The summed E-state index contributed by atoms with van der Waals surface area (Å²) in [7, 11) is 0. The highest BCUT2D eigenvalue weighted by Gasteiger charge is 2.32. The van der Waals surface area contributed by atoms with Crippen molar-refractivity contribution in [3.05, 3.63) is 42.1 Å². The fraction of sp³-hybridized carbons (Fsp3) is 0.533. The summed E-state index contributed by atoms with van der Waals surface area (Å²) >= 11 is 0. The summed E-state index contributed by atoms with van der Waals surface area (Å²) in [4.78, 5) is 66.3. The van der Waals surface area contributed by atoms with Gasteiger partial charge in [-0.15, -0.1) is 0 Å². The summed E-state index contributed by atoms with van der Waals surface area (Å²) in [5.41, 5.74) is 0.226. The summed E-state index contributed by atoms with van der Waals surface area (Å²) in [5.74, 6) is -0.279. The Morgan fingerprint density at radius 3 is 2.21 bits per heavy atom. The van der Waals surface area contributed by atoms with Crippen LogP contribution in [0.3, 0.4) is 0 Å². The molecule has 0 saturated carbocycles. The van der Waals surface area contributed by atoms with Crippen LogP contribution in [0.2, 0.25) is 0 Å². The van der Waals surface area contributed by atoms with Gasteiger partial charge in [0.2, 0.25) is 5.91 Å². The Kier molecular flexibility index (Phi) is 9.97. The Morgan fingerprint density at radius 2 is 1.62 bits per heavy atom. The summed E-state index contributed by atoms with van der Waals surface area (Å²) in [6.45, 7) is 10.2. The van der Waals surface area contributed by atoms with E-state index < -0.39 is 29.6 Å². The van der Waals surface area contributed by atoms with Crippen molar-refractivity contribution in [2.45, 2.75) is 58.6 Å². The highest BCUT2D eigenvalue weighted by atomic mass is 16.6. The number of nitrogens with zero attached hydrogens (tertiary/aromatic N) is 5. The molecule has 0 unspecified atom stereocenters. The largest absolute Gasteiger partial charge is 0.460 e. The van der Waals surface area contributed by atoms with Gasteiger partial charge in [-0.05, 0) is 40.5 Å². The van der Waals surface area contributed by atoms with Gasteiger partial charge in [-0.2, -0.15) is 0 Å². The molecular formula is C30H40N6O6. The number of rotatable bonds is 9. The number of amides is 3. The number of carbonyl (C=O) groups is 4. The topological polar surface area (TPSA) is 134 Å². The van der Waals surface area contributed by atoms with E-state index in [1.807, 2.05) is 30.3 Å². The Hall–Kier alpha value is -4.22. The molecule has 3 amide bonds. The predicted octanol–water partition coefficient (Wildman–Crippen LogP) is 2.87. The Bertz CT molecular complexity index is 1270. The molecule has 0 radical (unpaired) electrons. The Morgan fingerprint density at radius 1 is 0.952 bits per heavy atom. The molecule has 226 valence electrons. The number of ether oxygens (including phenoxy) is 2. The number of benzene rings is 1. The molecule has 2 aliphatic heterocycles. The minimum atomic E-state index is -0.998. The standard InChI is InChI=1S/C30H40N6O6/c1-5-41-29(40)36-18-16-35(17-19-36)28(39)22(12-13-25(37)42-30(2,3)4)32-27(38)23-20-24(34-14-9-15-34)33-26(31-23)21-10-7-6-8-11-21/h6-8,10-11,20,22H,5,9,12-19H2,1-4H3,(H,32,38)/t22-/m0/s1. The molecule has 12 heteroatoms. The van der Waals surface area contributed by atoms with Crippen molar-refractivity contribution in [1.82, 2.24) is 25.1 Å². The first-order chi connectivity index (χ1) is 20.0. The number of hydrogen-bond donors (Lipinski definition) is 1. The van der Waals surface area contributed by atoms with Crippen molar-refractivity contribution < 1.29 is 28.7 Å². The highest BCUT2D eigenvalue weighted by Crippen LogP contribution is 2.24. The van der Waals surface area contributed by atoms with Crippen LogP contribution in [0.25, 0.3) is 11.4 Å². The molecule has 2 fully saturated rings. The van der Waals surface area contributed by atoms with Gasteiger partial charge in [-0.25, -0.2) is 14.8 Å². The second-order valence-corrected chi connectivity index (χ2v) is 11.3. The molecule has 1 atom stereocenters. The minimum Gasteiger partial charge on any atom is -0.460 e. The molecule has 4 rings (SSSR count). The fourth-order valence-corrected chi connectivity index (χ4v) is 4.66. The predicted molar refractivity (Wildman–Crippen MR) is 156 cm³/mol. The zero-order valence-electron chi connectivity index (χ0n) is 24.8. The SMILES string of the molecule is CCOC(=O)N1CCN(C(=O)[C@H](CCC(=O)OC(C)(C)C)NC(=O)c2cc(N3CCC3)nc(-c3ccccc3)n2)CC1. The van der Waals surface area contributed by atoms with Crippen LogP contribution in [-0.4, -0.2) is 101 Å². The third kappa shape index (κ3) is 8.17. The van der Waals surface area contributed by atoms with Gasteiger partial charge in [0.1, 0.15) is 23.2 Å². The number of esters is 1. The lowest BCUT2D eigenvalue weighted by Gasteiger charge is -2.36. The second kappa shape index (κ2) is 13.6. The number of hydrogen-bond acceptors (Lipinski definition) is 9. The summed E-state index contributed by atoms with van der Waals surface area (Å²) in [6, 6.07) is 10.0. The summed E-state index contributed by atoms with van der Waals surface area (Å²) in [5, 5.41) is 2.83. The van der Waals surface area contributed by atoms with E-state index in [2.05, 4.69) is 20.2 Å². The first-order valence-corrected chi connectivity index (χ1v) is 14.5. The van der Waals surface area contributed by atoms with Crippen LogP contribution in [0.15, 0.2) is 36.4 Å². The average Bonchev–Trinajstić information content (AvgIpc) is 2.93. The zero-order valence-corrected chi connectivity index (χ0v) is 24.8. The number of piperazine rings is 1. The van der Waals surface area contributed by atoms with Crippen LogP contribution in [0.4, 0.5) is 10.6 Å². The lowest BCUT2D eigenvalue weighted by atomic mass is 10.1. The van der Waals surface area contributed by atoms with Crippen molar-refractivity contribution in [1.29, 1.82) is 0 Å². The van der Waals surface area contributed by atoms with E-state index in [1.54, 1.807) is 43.6 Å². The van der Waals surface area contributed by atoms with E-state index in [0.29, 0.717) is 24.7 Å². The van der Waals surface area contributed by atoms with Gasteiger partial charge >= 0.3 is 12.1 Å². The van der Waals surface area contributed by atoms with E-state index >= 15 is 0 Å². The van der Waals surface area contributed by atoms with Crippen molar-refractivity contribution in [2.75, 3.05) is 50.8 Å². The van der Waals surface area contributed by atoms with Gasteiger partial charge in [0, 0.05) is 57.3 Å². The minimum absolute atomic E-state index is 0.0488. The number of aromatic nitrogens is 2. The van der Waals surface area contributed by atoms with E-state index in [0.717, 1.165) is 25.1 Å². The van der Waals surface area contributed by atoms with Crippen molar-refractivity contribution in [3.8, 4) is 11.4 Å². The lowest BCUT2D eigenvalue weighted by Crippen LogP contribution is -2.56. The quantitative estimate of drug-likeness (QED) is 0.444. The smallest absolute Gasteiger partial charge is 0.409 e. The van der Waals surface area contributed by atoms with E-state index in [9.17, 15) is 19.2 Å². The molecule has 2 aliphatic rings. The summed E-state index contributed by atoms with van der Waals surface area (Å²) < 4.78 is 10.5. The van der Waals surface area contributed by atoms with Crippen LogP contribution < -0.4 is 10.2 Å². The number of anilines is 1. The van der Waals surface area contributed by atoms with Crippen molar-refractivity contribution >= 4 is 29.7 Å². The molecular weight excluding hydrogens is 540 g/mol. The van der Waals surface area contributed by atoms with Crippen LogP contribution >= 0.6 is 0 Å². The molecule has 2 saturated heterocycles. The van der Waals surface area contributed by atoms with Crippen LogP contribution in [-0.2, 0) is 19.1 Å². The second-order valence-electron chi connectivity index (χ2n) is 11.3. The fourth-order valence-electron chi connectivity index (χ4n) is 4.66. The lowest BCUT2D eigenvalue weighted by molar-refractivity contribution is -0.155. The van der Waals surface area contributed by atoms with Gasteiger partial charge < -0.3 is 29.5 Å². The molecule has 1 aromatic carbocycles. The molecule has 2 aromatic rings. The normalized spacial score (nSPS) is 15.9. The van der Waals surface area contributed by atoms with Crippen LogP contribution in [0, 0.1) is 0 Å². The first-order valence-electron chi connectivity index (χ1n) is 14.5. The monoisotopic (exact) mass is 580 g/mol. The summed E-state index contributed by atoms with van der Waals surface area (Å²) in [6.07, 6.45) is 0.606. The molecule has 0 aliphatic carbocycles. The number of nitrogens with one attached hydrogen (secondary N) is 1. The zero-order chi connectivity index (χ0) is 30.3. The van der Waals surface area contributed by atoms with E-state index in [-0.39, 0.29) is 44.1 Å². The Balaban J connectivity index is 1.53. The molecule has 1 aromatic heterocycles. The van der Waals surface area contributed by atoms with Crippen LogP contribution in [0.1, 0.15) is 57.4 Å². The van der Waals surface area contributed by atoms with Crippen molar-refractivity contribution in [2.24, 2.45) is 0 Å². The molecule has 3 heterocycles. The molecule has 0 spiro atoms. The average molecular weight is 581 g/mol. The molecule has 0 bridgehead atoms. The van der Waals surface area contributed by atoms with E-state index in [4.69, 9.17) is 9.47 Å². The first kappa shape index (κ1) is 30.7.